The van der Waals surface area contributed by atoms with Gasteiger partial charge in [0.25, 0.3) is 0 Å². The smallest absolute Gasteiger partial charge is 0.314 e. The van der Waals surface area contributed by atoms with E-state index in [-0.39, 0.29) is 0 Å². The Morgan fingerprint density at radius 2 is 1.83 bits per heavy atom. The molecule has 0 spiro atoms. The van der Waals surface area contributed by atoms with E-state index in [0.717, 1.165) is 43.5 Å². The van der Waals surface area contributed by atoms with Gasteiger partial charge in [0.15, 0.2) is 0 Å². The van der Waals surface area contributed by atoms with Crippen LogP contribution in [0.5, 0.6) is 0 Å². The van der Waals surface area contributed by atoms with E-state index in [4.69, 9.17) is 0 Å². The Hall–Kier alpha value is -2.36. The Morgan fingerprint density at radius 1 is 1.17 bits per heavy atom. The average Bonchev–Trinajstić information content (AvgIpc) is 2.53. The maximum Gasteiger partial charge on any atom is 0.314 e. The molecule has 0 aliphatic heterocycles. The number of nitrogens with zero attached hydrogens (tertiary/aromatic N) is 2. The fourth-order valence-electron chi connectivity index (χ4n) is 3.17. The summed E-state index contributed by atoms with van der Waals surface area (Å²) >= 11 is 0. The highest BCUT2D eigenvalue weighted by Crippen LogP contribution is 2.44. The summed E-state index contributed by atoms with van der Waals surface area (Å²) in [5.41, 5.74) is 2.67. The lowest BCUT2D eigenvalue weighted by Crippen LogP contribution is -2.42. The summed E-state index contributed by atoms with van der Waals surface area (Å²) in [6.45, 7) is 0.910. The second-order valence-corrected chi connectivity index (χ2v) is 6.31. The number of anilines is 1. The van der Waals surface area contributed by atoms with Crippen LogP contribution in [0.1, 0.15) is 30.4 Å². The number of carboxylic acids is 1. The van der Waals surface area contributed by atoms with E-state index in [9.17, 15) is 9.90 Å². The van der Waals surface area contributed by atoms with Crippen molar-refractivity contribution in [2.75, 3.05) is 18.5 Å². The molecule has 0 saturated heterocycles. The van der Waals surface area contributed by atoms with Crippen molar-refractivity contribution < 1.29 is 9.90 Å². The van der Waals surface area contributed by atoms with E-state index >= 15 is 0 Å². The van der Waals surface area contributed by atoms with Gasteiger partial charge in [0, 0.05) is 31.7 Å². The van der Waals surface area contributed by atoms with Crippen molar-refractivity contribution in [2.24, 2.45) is 0 Å². The van der Waals surface area contributed by atoms with Gasteiger partial charge in [0.2, 0.25) is 0 Å². The van der Waals surface area contributed by atoms with Gasteiger partial charge in [-0.2, -0.15) is 0 Å². The Morgan fingerprint density at radius 3 is 2.35 bits per heavy atom. The van der Waals surface area contributed by atoms with Crippen LogP contribution in [-0.2, 0) is 16.6 Å². The maximum atomic E-state index is 11.6. The summed E-state index contributed by atoms with van der Waals surface area (Å²) in [4.78, 5) is 17.8. The lowest BCUT2D eigenvalue weighted by atomic mass is 9.64. The molecule has 1 heterocycles. The number of carboxylic acid groups (broad SMARTS) is 1. The summed E-state index contributed by atoms with van der Waals surface area (Å²) in [7, 11) is 2.06. The molecule has 1 aliphatic rings. The van der Waals surface area contributed by atoms with Crippen LogP contribution >= 0.6 is 0 Å². The summed E-state index contributed by atoms with van der Waals surface area (Å²) in [6.07, 6.45) is 7.08. The molecule has 1 fully saturated rings. The number of pyridine rings is 1. The highest BCUT2D eigenvalue weighted by molar-refractivity contribution is 5.82. The molecule has 0 radical (unpaired) electrons. The second-order valence-electron chi connectivity index (χ2n) is 6.31. The van der Waals surface area contributed by atoms with Gasteiger partial charge < -0.3 is 10.0 Å². The summed E-state index contributed by atoms with van der Waals surface area (Å²) in [5.74, 6) is -0.692. The third-order valence-corrected chi connectivity index (χ3v) is 4.96. The molecule has 23 heavy (non-hydrogen) atoms. The molecule has 1 saturated carbocycles. The standard InChI is InChI=1S/C19H22N2O2/c1-21(14-9-15-7-12-20-13-8-15)17-5-3-16(4-6-17)19(18(22)23)10-2-11-19/h3-8,12-13H,2,9-11,14H2,1H3,(H,22,23). The molecule has 1 aromatic heterocycles. The minimum absolute atomic E-state index is 0.645. The van der Waals surface area contributed by atoms with Gasteiger partial charge in [0.1, 0.15) is 0 Å². The van der Waals surface area contributed by atoms with Gasteiger partial charge in [-0.05, 0) is 54.7 Å². The van der Waals surface area contributed by atoms with Crippen molar-refractivity contribution in [1.82, 2.24) is 4.98 Å². The third kappa shape index (κ3) is 3.07. The van der Waals surface area contributed by atoms with E-state index in [2.05, 4.69) is 16.9 Å². The van der Waals surface area contributed by atoms with E-state index in [0.29, 0.717) is 0 Å². The SMILES string of the molecule is CN(CCc1ccncc1)c1ccc(C2(C(=O)O)CCC2)cc1. The first-order chi connectivity index (χ1) is 11.1. The van der Waals surface area contributed by atoms with Gasteiger partial charge in [0.05, 0.1) is 5.41 Å². The van der Waals surface area contributed by atoms with Crippen LogP contribution in [0.3, 0.4) is 0 Å². The molecule has 0 atom stereocenters. The Bertz CT molecular complexity index is 664. The number of carbonyl (C=O) groups is 1. The quantitative estimate of drug-likeness (QED) is 0.889. The number of likely N-dealkylation sites (N-methyl/N-ethyl adjacent to an activating group) is 1. The molecule has 3 rings (SSSR count). The highest BCUT2D eigenvalue weighted by Gasteiger charge is 2.45. The minimum Gasteiger partial charge on any atom is -0.481 e. The van der Waals surface area contributed by atoms with Gasteiger partial charge >= 0.3 is 5.97 Å². The first-order valence-electron chi connectivity index (χ1n) is 8.06. The summed E-state index contributed by atoms with van der Waals surface area (Å²) < 4.78 is 0. The first-order valence-corrected chi connectivity index (χ1v) is 8.06. The molecule has 0 amide bonds. The molecule has 2 aromatic rings. The van der Waals surface area contributed by atoms with Crippen LogP contribution in [0.15, 0.2) is 48.8 Å². The van der Waals surface area contributed by atoms with Crippen LogP contribution in [0.25, 0.3) is 0 Å². The number of hydrogen-bond donors (Lipinski definition) is 1. The predicted octanol–water partition coefficient (Wildman–Crippen LogP) is 3.27. The Kier molecular flexibility index (Phi) is 4.33. The molecule has 0 bridgehead atoms. The lowest BCUT2D eigenvalue weighted by molar-refractivity contribution is -0.147. The number of aliphatic carboxylic acids is 1. The van der Waals surface area contributed by atoms with Crippen molar-refractivity contribution in [3.63, 3.8) is 0 Å². The number of benzene rings is 1. The van der Waals surface area contributed by atoms with Crippen molar-refractivity contribution in [3.8, 4) is 0 Å². The van der Waals surface area contributed by atoms with Crippen LogP contribution < -0.4 is 4.90 Å². The topological polar surface area (TPSA) is 53.4 Å². The fraction of sp³-hybridized carbons (Fsp3) is 0.368. The van der Waals surface area contributed by atoms with Gasteiger partial charge in [-0.3, -0.25) is 9.78 Å². The second kappa shape index (κ2) is 6.41. The average molecular weight is 310 g/mol. The molecule has 1 N–H and O–H groups in total. The van der Waals surface area contributed by atoms with Crippen LogP contribution in [-0.4, -0.2) is 29.7 Å². The monoisotopic (exact) mass is 310 g/mol. The highest BCUT2D eigenvalue weighted by atomic mass is 16.4. The van der Waals surface area contributed by atoms with E-state index in [1.165, 1.54) is 5.56 Å². The molecule has 4 nitrogen and oxygen atoms in total. The third-order valence-electron chi connectivity index (χ3n) is 4.96. The largest absolute Gasteiger partial charge is 0.481 e. The van der Waals surface area contributed by atoms with Crippen molar-refractivity contribution >= 4 is 11.7 Å². The number of aromatic nitrogens is 1. The zero-order chi connectivity index (χ0) is 16.3. The molecular formula is C19H22N2O2. The summed E-state index contributed by atoms with van der Waals surface area (Å²) in [6, 6.07) is 12.1. The summed E-state index contributed by atoms with van der Waals surface area (Å²) in [5, 5.41) is 9.51. The molecular weight excluding hydrogens is 288 g/mol. The van der Waals surface area contributed by atoms with Crippen molar-refractivity contribution in [2.45, 2.75) is 31.1 Å². The van der Waals surface area contributed by atoms with Gasteiger partial charge in [-0.25, -0.2) is 0 Å². The van der Waals surface area contributed by atoms with Gasteiger partial charge in [-0.1, -0.05) is 18.6 Å². The zero-order valence-electron chi connectivity index (χ0n) is 13.4. The zero-order valence-corrected chi connectivity index (χ0v) is 13.4. The van der Waals surface area contributed by atoms with Crippen molar-refractivity contribution in [3.05, 3.63) is 59.9 Å². The van der Waals surface area contributed by atoms with Crippen LogP contribution in [0, 0.1) is 0 Å². The number of hydrogen-bond acceptors (Lipinski definition) is 3. The minimum atomic E-state index is -0.692. The van der Waals surface area contributed by atoms with Crippen LogP contribution in [0.4, 0.5) is 5.69 Å². The Balaban J connectivity index is 1.66. The predicted molar refractivity (Wildman–Crippen MR) is 90.8 cm³/mol. The molecule has 0 unspecified atom stereocenters. The molecule has 4 heteroatoms. The van der Waals surface area contributed by atoms with Gasteiger partial charge in [-0.15, -0.1) is 0 Å². The normalized spacial score (nSPS) is 15.7. The lowest BCUT2D eigenvalue weighted by Gasteiger charge is -2.38. The molecule has 1 aliphatic carbocycles. The van der Waals surface area contributed by atoms with E-state index < -0.39 is 11.4 Å². The molecule has 1 aromatic carbocycles. The number of rotatable bonds is 6. The first kappa shape index (κ1) is 15.5. The van der Waals surface area contributed by atoms with E-state index in [1.807, 2.05) is 48.8 Å². The van der Waals surface area contributed by atoms with Crippen LogP contribution in [0.2, 0.25) is 0 Å². The Labute approximate surface area is 136 Å². The fourth-order valence-corrected chi connectivity index (χ4v) is 3.17. The van der Waals surface area contributed by atoms with E-state index in [1.54, 1.807) is 0 Å². The van der Waals surface area contributed by atoms with Crippen molar-refractivity contribution in [1.29, 1.82) is 0 Å². The molecule has 120 valence electrons. The maximum absolute atomic E-state index is 11.6.